The molecular formula is C30H27NO6. The minimum Gasteiger partial charge on any atom is -0.507 e. The van der Waals surface area contributed by atoms with Gasteiger partial charge in [0.05, 0.1) is 18.7 Å². The highest BCUT2D eigenvalue weighted by atomic mass is 16.6. The van der Waals surface area contributed by atoms with E-state index in [4.69, 9.17) is 14.2 Å². The van der Waals surface area contributed by atoms with Gasteiger partial charge in [-0.05, 0) is 72.7 Å². The third-order valence-corrected chi connectivity index (χ3v) is 7.30. The summed E-state index contributed by atoms with van der Waals surface area (Å²) in [6.07, 6.45) is 4.19. The van der Waals surface area contributed by atoms with Crippen molar-refractivity contribution in [1.29, 1.82) is 0 Å². The normalized spacial score (nSPS) is 20.0. The second kappa shape index (κ2) is 9.32. The van der Waals surface area contributed by atoms with Gasteiger partial charge in [0.1, 0.15) is 24.7 Å². The number of ether oxygens (including phenoxy) is 3. The molecule has 37 heavy (non-hydrogen) atoms. The van der Waals surface area contributed by atoms with E-state index in [2.05, 4.69) is 0 Å². The van der Waals surface area contributed by atoms with E-state index in [9.17, 15) is 14.7 Å². The Labute approximate surface area is 214 Å². The molecule has 0 bridgehead atoms. The van der Waals surface area contributed by atoms with Crippen molar-refractivity contribution in [2.45, 2.75) is 31.7 Å². The van der Waals surface area contributed by atoms with Crippen LogP contribution < -0.4 is 19.1 Å². The maximum absolute atomic E-state index is 13.5. The highest BCUT2D eigenvalue weighted by Crippen LogP contribution is 2.45. The number of fused-ring (bicyclic) bond motifs is 2. The Morgan fingerprint density at radius 3 is 2.38 bits per heavy atom. The first-order valence-corrected chi connectivity index (χ1v) is 12.5. The number of carbonyl (C=O) groups is 2. The van der Waals surface area contributed by atoms with Crippen molar-refractivity contribution >= 4 is 23.1 Å². The van der Waals surface area contributed by atoms with Crippen LogP contribution in [0.3, 0.4) is 0 Å². The molecule has 7 nitrogen and oxygen atoms in total. The molecule has 6 rings (SSSR count). The van der Waals surface area contributed by atoms with E-state index in [0.717, 1.165) is 25.7 Å². The number of hydrogen-bond donors (Lipinski definition) is 1. The molecule has 7 heteroatoms. The third-order valence-electron chi connectivity index (χ3n) is 7.30. The molecule has 1 amide bonds. The Kier molecular flexibility index (Phi) is 5.83. The van der Waals surface area contributed by atoms with Gasteiger partial charge in [-0.2, -0.15) is 0 Å². The van der Waals surface area contributed by atoms with Crippen LogP contribution in [0.15, 0.2) is 66.2 Å². The molecule has 2 heterocycles. The fourth-order valence-corrected chi connectivity index (χ4v) is 5.42. The number of nitrogens with zero attached hydrogens (tertiary/aromatic N) is 1. The van der Waals surface area contributed by atoms with Gasteiger partial charge in [-0.1, -0.05) is 24.3 Å². The number of aliphatic hydroxyl groups excluding tert-OH is 1. The third kappa shape index (κ3) is 4.00. The van der Waals surface area contributed by atoms with Gasteiger partial charge in [-0.3, -0.25) is 14.5 Å². The quantitative estimate of drug-likeness (QED) is 0.311. The summed E-state index contributed by atoms with van der Waals surface area (Å²) in [7, 11) is 1.58. The summed E-state index contributed by atoms with van der Waals surface area (Å²) in [5.41, 5.74) is 4.20. The first-order chi connectivity index (χ1) is 18.0. The number of carbonyl (C=O) groups excluding carboxylic acids is 2. The molecule has 1 unspecified atom stereocenters. The van der Waals surface area contributed by atoms with Crippen LogP contribution in [-0.4, -0.2) is 37.1 Å². The fraction of sp³-hybridized carbons (Fsp3) is 0.267. The largest absolute Gasteiger partial charge is 0.507 e. The van der Waals surface area contributed by atoms with Crippen LogP contribution >= 0.6 is 0 Å². The number of methoxy groups -OCH3 is 1. The molecule has 0 radical (unpaired) electrons. The van der Waals surface area contributed by atoms with Gasteiger partial charge < -0.3 is 19.3 Å². The Morgan fingerprint density at radius 1 is 0.892 bits per heavy atom. The van der Waals surface area contributed by atoms with E-state index in [0.29, 0.717) is 47.3 Å². The number of aryl methyl sites for hydroxylation is 2. The summed E-state index contributed by atoms with van der Waals surface area (Å²) in [5.74, 6) is 0.126. The number of rotatable bonds is 4. The van der Waals surface area contributed by atoms with Crippen LogP contribution in [0.2, 0.25) is 0 Å². The SMILES string of the molecule is COc1ccc(C2/C(=C(\O)c3ccc4c(c3)CCCC4)C(=O)C(=O)N2c2ccc3c(c2)OCCO3)cc1. The second-order valence-corrected chi connectivity index (χ2v) is 9.46. The van der Waals surface area contributed by atoms with Gasteiger partial charge in [0.2, 0.25) is 0 Å². The van der Waals surface area contributed by atoms with Crippen molar-refractivity contribution in [3.63, 3.8) is 0 Å². The molecule has 1 fully saturated rings. The van der Waals surface area contributed by atoms with E-state index in [1.165, 1.54) is 16.0 Å². The lowest BCUT2D eigenvalue weighted by molar-refractivity contribution is -0.132. The predicted octanol–water partition coefficient (Wildman–Crippen LogP) is 4.97. The van der Waals surface area contributed by atoms with Gasteiger partial charge in [0, 0.05) is 17.3 Å². The lowest BCUT2D eigenvalue weighted by Crippen LogP contribution is -2.29. The zero-order valence-corrected chi connectivity index (χ0v) is 20.5. The Bertz CT molecular complexity index is 1420. The van der Waals surface area contributed by atoms with Crippen LogP contribution in [0.1, 0.15) is 41.1 Å². The number of aliphatic hydroxyl groups is 1. The summed E-state index contributed by atoms with van der Waals surface area (Å²) < 4.78 is 16.7. The first-order valence-electron chi connectivity index (χ1n) is 12.5. The molecule has 0 spiro atoms. The maximum atomic E-state index is 13.5. The average molecular weight is 498 g/mol. The zero-order chi connectivity index (χ0) is 25.5. The second-order valence-electron chi connectivity index (χ2n) is 9.46. The number of amides is 1. The van der Waals surface area contributed by atoms with Crippen LogP contribution in [0.5, 0.6) is 17.2 Å². The maximum Gasteiger partial charge on any atom is 0.300 e. The van der Waals surface area contributed by atoms with Gasteiger partial charge in [0.25, 0.3) is 11.7 Å². The smallest absolute Gasteiger partial charge is 0.300 e. The minimum absolute atomic E-state index is 0.0563. The minimum atomic E-state index is -0.829. The lowest BCUT2D eigenvalue weighted by Gasteiger charge is -2.27. The summed E-state index contributed by atoms with van der Waals surface area (Å²) in [6, 6.07) is 17.3. The van der Waals surface area contributed by atoms with Crippen molar-refractivity contribution in [3.8, 4) is 17.2 Å². The van der Waals surface area contributed by atoms with Crippen LogP contribution in [0, 0.1) is 0 Å². The highest BCUT2D eigenvalue weighted by Gasteiger charge is 2.47. The molecule has 188 valence electrons. The number of hydrogen-bond acceptors (Lipinski definition) is 6. The molecule has 3 aromatic carbocycles. The van der Waals surface area contributed by atoms with Gasteiger partial charge >= 0.3 is 0 Å². The van der Waals surface area contributed by atoms with Crippen molar-refractivity contribution in [1.82, 2.24) is 0 Å². The zero-order valence-electron chi connectivity index (χ0n) is 20.5. The number of Topliss-reactive ketones (excluding diaryl/α,β-unsaturated/α-hetero) is 1. The van der Waals surface area contributed by atoms with Crippen molar-refractivity contribution in [2.24, 2.45) is 0 Å². The number of ketones is 1. The van der Waals surface area contributed by atoms with Crippen molar-refractivity contribution in [3.05, 3.63) is 88.5 Å². The summed E-state index contributed by atoms with van der Waals surface area (Å²) in [4.78, 5) is 28.4. The van der Waals surface area contributed by atoms with Crippen LogP contribution in [0.4, 0.5) is 5.69 Å². The van der Waals surface area contributed by atoms with Crippen LogP contribution in [0.25, 0.3) is 5.76 Å². The summed E-state index contributed by atoms with van der Waals surface area (Å²) in [6.45, 7) is 0.846. The monoisotopic (exact) mass is 497 g/mol. The molecular weight excluding hydrogens is 470 g/mol. The van der Waals surface area contributed by atoms with Crippen molar-refractivity contribution in [2.75, 3.05) is 25.2 Å². The first kappa shape index (κ1) is 23.2. The Morgan fingerprint density at radius 2 is 1.62 bits per heavy atom. The van der Waals surface area contributed by atoms with Crippen LogP contribution in [-0.2, 0) is 22.4 Å². The molecule has 1 atom stereocenters. The predicted molar refractivity (Wildman–Crippen MR) is 138 cm³/mol. The Balaban J connectivity index is 1.50. The Hall–Kier alpha value is -4.26. The van der Waals surface area contributed by atoms with Gasteiger partial charge in [-0.15, -0.1) is 0 Å². The molecule has 2 aliphatic heterocycles. The highest BCUT2D eigenvalue weighted by molar-refractivity contribution is 6.51. The van der Waals surface area contributed by atoms with Gasteiger partial charge in [0.15, 0.2) is 11.5 Å². The summed E-state index contributed by atoms with van der Waals surface area (Å²) in [5, 5.41) is 11.5. The summed E-state index contributed by atoms with van der Waals surface area (Å²) >= 11 is 0. The van der Waals surface area contributed by atoms with Crippen molar-refractivity contribution < 1.29 is 28.9 Å². The molecule has 3 aliphatic rings. The van der Waals surface area contributed by atoms with Gasteiger partial charge in [-0.25, -0.2) is 0 Å². The number of anilines is 1. The van der Waals surface area contributed by atoms with E-state index in [-0.39, 0.29) is 11.3 Å². The topological polar surface area (TPSA) is 85.3 Å². The fourth-order valence-electron chi connectivity index (χ4n) is 5.42. The number of benzene rings is 3. The standard InChI is InChI=1S/C30H27NO6/c1-35-23-11-8-19(9-12-23)27-26(28(32)21-7-6-18-4-2-3-5-20(18)16-21)29(33)30(34)31(27)22-10-13-24-25(17-22)37-15-14-36-24/h6-13,16-17,27,32H,2-5,14-15H2,1H3/b28-26+. The molecule has 0 saturated carbocycles. The lowest BCUT2D eigenvalue weighted by atomic mass is 9.88. The molecule has 1 N–H and O–H groups in total. The van der Waals surface area contributed by atoms with E-state index in [1.54, 1.807) is 49.6 Å². The molecule has 1 aliphatic carbocycles. The van der Waals surface area contributed by atoms with E-state index in [1.807, 2.05) is 18.2 Å². The van der Waals surface area contributed by atoms with E-state index >= 15 is 0 Å². The molecule has 0 aromatic heterocycles. The average Bonchev–Trinajstić information content (AvgIpc) is 3.22. The van der Waals surface area contributed by atoms with E-state index < -0.39 is 17.7 Å². The molecule has 1 saturated heterocycles. The molecule has 3 aromatic rings.